The molecule has 2 fully saturated rings. The topological polar surface area (TPSA) is 58.6 Å². The molecule has 1 aliphatic carbocycles. The van der Waals surface area contributed by atoms with Crippen molar-refractivity contribution in [2.24, 2.45) is 5.92 Å². The van der Waals surface area contributed by atoms with Gasteiger partial charge in [-0.05, 0) is 35.8 Å². The Morgan fingerprint density at radius 1 is 1.33 bits per heavy atom. The van der Waals surface area contributed by atoms with Crippen molar-refractivity contribution in [3.63, 3.8) is 0 Å². The van der Waals surface area contributed by atoms with Crippen LogP contribution in [0.2, 0.25) is 0 Å². The molecule has 24 heavy (non-hydrogen) atoms. The van der Waals surface area contributed by atoms with E-state index in [0.29, 0.717) is 38.1 Å². The number of benzene rings is 1. The lowest BCUT2D eigenvalue weighted by Gasteiger charge is -2.12. The van der Waals surface area contributed by atoms with E-state index >= 15 is 0 Å². The van der Waals surface area contributed by atoms with Crippen molar-refractivity contribution < 1.29 is 14.3 Å². The number of hydrogen-bond donors (Lipinski definition) is 1. The van der Waals surface area contributed by atoms with E-state index in [-0.39, 0.29) is 17.9 Å². The van der Waals surface area contributed by atoms with Gasteiger partial charge in [0, 0.05) is 19.0 Å². The van der Waals surface area contributed by atoms with Crippen molar-refractivity contribution in [2.75, 3.05) is 26.2 Å². The second kappa shape index (κ2) is 7.24. The number of carbonyl (C=O) groups excluding carboxylic acids is 2. The summed E-state index contributed by atoms with van der Waals surface area (Å²) in [6.07, 6.45) is 1.46. The zero-order chi connectivity index (χ0) is 17.1. The molecule has 5 heteroatoms. The van der Waals surface area contributed by atoms with Gasteiger partial charge in [0.1, 0.15) is 6.61 Å². The van der Waals surface area contributed by atoms with E-state index in [9.17, 15) is 9.59 Å². The Morgan fingerprint density at radius 3 is 2.71 bits per heavy atom. The molecular formula is C19H26N2O3. The minimum Gasteiger partial charge on any atom is -0.448 e. The van der Waals surface area contributed by atoms with Crippen LogP contribution in [-0.2, 0) is 9.53 Å². The van der Waals surface area contributed by atoms with Crippen molar-refractivity contribution in [3.05, 3.63) is 35.4 Å². The number of rotatable bonds is 7. The van der Waals surface area contributed by atoms with Crippen LogP contribution in [0.1, 0.15) is 49.7 Å². The fourth-order valence-electron chi connectivity index (χ4n) is 3.22. The van der Waals surface area contributed by atoms with E-state index in [4.69, 9.17) is 4.74 Å². The molecule has 1 aliphatic heterocycles. The van der Waals surface area contributed by atoms with Crippen LogP contribution in [-0.4, -0.2) is 43.1 Å². The Hall–Kier alpha value is -2.04. The molecule has 2 aliphatic rings. The first-order chi connectivity index (χ1) is 11.6. The third-order valence-corrected chi connectivity index (χ3v) is 4.91. The maximum Gasteiger partial charge on any atom is 0.409 e. The SMILES string of the molecule is CC(C)c1ccc([C@@H]2C[C@H]2C(=O)NCCCN2CCOC2=O)cc1. The summed E-state index contributed by atoms with van der Waals surface area (Å²) in [6.45, 7) is 6.75. The molecule has 1 saturated carbocycles. The molecule has 0 bridgehead atoms. The van der Waals surface area contributed by atoms with Crippen LogP contribution in [0.4, 0.5) is 4.79 Å². The number of nitrogens with one attached hydrogen (secondary N) is 1. The third kappa shape index (κ3) is 3.89. The number of nitrogens with zero attached hydrogens (tertiary/aromatic N) is 1. The van der Waals surface area contributed by atoms with Crippen LogP contribution >= 0.6 is 0 Å². The molecule has 1 N–H and O–H groups in total. The van der Waals surface area contributed by atoms with Crippen LogP contribution in [0.3, 0.4) is 0 Å². The van der Waals surface area contributed by atoms with Crippen molar-refractivity contribution in [2.45, 2.75) is 38.5 Å². The van der Waals surface area contributed by atoms with Gasteiger partial charge < -0.3 is 15.0 Å². The number of cyclic esters (lactones) is 1. The van der Waals surface area contributed by atoms with E-state index in [1.54, 1.807) is 4.90 Å². The first-order valence-electron chi connectivity index (χ1n) is 8.85. The molecule has 0 spiro atoms. The highest BCUT2D eigenvalue weighted by molar-refractivity contribution is 5.82. The first-order valence-corrected chi connectivity index (χ1v) is 8.85. The molecule has 1 saturated heterocycles. The van der Waals surface area contributed by atoms with Gasteiger partial charge in [0.15, 0.2) is 0 Å². The molecule has 1 aromatic rings. The average molecular weight is 330 g/mol. The molecule has 2 amide bonds. The van der Waals surface area contributed by atoms with Gasteiger partial charge in [-0.25, -0.2) is 4.79 Å². The van der Waals surface area contributed by atoms with Gasteiger partial charge in [0.25, 0.3) is 0 Å². The smallest absolute Gasteiger partial charge is 0.409 e. The van der Waals surface area contributed by atoms with Crippen LogP contribution in [0.25, 0.3) is 0 Å². The van der Waals surface area contributed by atoms with Crippen molar-refractivity contribution in [1.82, 2.24) is 10.2 Å². The van der Waals surface area contributed by atoms with Gasteiger partial charge in [-0.1, -0.05) is 38.1 Å². The molecule has 1 heterocycles. The van der Waals surface area contributed by atoms with E-state index in [0.717, 1.165) is 12.8 Å². The third-order valence-electron chi connectivity index (χ3n) is 4.91. The molecule has 0 aromatic heterocycles. The van der Waals surface area contributed by atoms with Crippen LogP contribution in [0.5, 0.6) is 0 Å². The second-order valence-electron chi connectivity index (χ2n) is 7.02. The Bertz CT molecular complexity index is 597. The lowest BCUT2D eigenvalue weighted by molar-refractivity contribution is -0.122. The summed E-state index contributed by atoms with van der Waals surface area (Å²) in [4.78, 5) is 25.2. The maximum atomic E-state index is 12.2. The van der Waals surface area contributed by atoms with Gasteiger partial charge in [-0.2, -0.15) is 0 Å². The minimum absolute atomic E-state index is 0.103. The summed E-state index contributed by atoms with van der Waals surface area (Å²) in [5, 5.41) is 3.00. The van der Waals surface area contributed by atoms with E-state index in [2.05, 4.69) is 43.4 Å². The lowest BCUT2D eigenvalue weighted by atomic mass is 10.00. The molecule has 0 unspecified atom stereocenters. The molecule has 3 rings (SSSR count). The second-order valence-corrected chi connectivity index (χ2v) is 7.02. The molecule has 130 valence electrons. The maximum absolute atomic E-state index is 12.2. The Balaban J connectivity index is 1.38. The van der Waals surface area contributed by atoms with Gasteiger partial charge in [-0.3, -0.25) is 4.79 Å². The summed E-state index contributed by atoms with van der Waals surface area (Å²) in [7, 11) is 0. The normalized spacial score (nSPS) is 22.6. The van der Waals surface area contributed by atoms with Gasteiger partial charge in [0.2, 0.25) is 5.91 Å². The lowest BCUT2D eigenvalue weighted by Crippen LogP contribution is -2.31. The molecule has 1 aromatic carbocycles. The highest BCUT2D eigenvalue weighted by Crippen LogP contribution is 2.47. The molecule has 0 radical (unpaired) electrons. The highest BCUT2D eigenvalue weighted by atomic mass is 16.6. The Kier molecular flexibility index (Phi) is 5.07. The standard InChI is InChI=1S/C19H26N2O3/c1-13(2)14-4-6-15(7-5-14)16-12-17(16)18(22)20-8-3-9-21-10-11-24-19(21)23/h4-7,13,16-17H,3,8-12H2,1-2H3,(H,20,22)/t16-,17+/m0/s1. The van der Waals surface area contributed by atoms with Crippen LogP contribution < -0.4 is 5.32 Å². The first kappa shape index (κ1) is 16.8. The zero-order valence-corrected chi connectivity index (χ0v) is 14.5. The zero-order valence-electron chi connectivity index (χ0n) is 14.5. The minimum atomic E-state index is -0.242. The van der Waals surface area contributed by atoms with Crippen molar-refractivity contribution >= 4 is 12.0 Å². The van der Waals surface area contributed by atoms with Crippen molar-refractivity contribution in [3.8, 4) is 0 Å². The fourth-order valence-corrected chi connectivity index (χ4v) is 3.22. The quantitative estimate of drug-likeness (QED) is 0.782. The number of hydrogen-bond acceptors (Lipinski definition) is 3. The van der Waals surface area contributed by atoms with Gasteiger partial charge in [-0.15, -0.1) is 0 Å². The summed E-state index contributed by atoms with van der Waals surface area (Å²) in [5.41, 5.74) is 2.60. The monoisotopic (exact) mass is 330 g/mol. The largest absolute Gasteiger partial charge is 0.448 e. The predicted molar refractivity (Wildman–Crippen MR) is 91.9 cm³/mol. The summed E-state index contributed by atoms with van der Waals surface area (Å²) in [5.74, 6) is 1.13. The Labute approximate surface area is 143 Å². The highest BCUT2D eigenvalue weighted by Gasteiger charge is 2.43. The summed E-state index contributed by atoms with van der Waals surface area (Å²) in [6, 6.07) is 8.66. The molecule has 2 atom stereocenters. The number of ether oxygens (including phenoxy) is 1. The predicted octanol–water partition coefficient (Wildman–Crippen LogP) is 2.87. The molecular weight excluding hydrogens is 304 g/mol. The summed E-state index contributed by atoms with van der Waals surface area (Å²) < 4.78 is 4.88. The Morgan fingerprint density at radius 2 is 2.08 bits per heavy atom. The van der Waals surface area contributed by atoms with Crippen LogP contribution in [0, 0.1) is 5.92 Å². The molecule has 5 nitrogen and oxygen atoms in total. The van der Waals surface area contributed by atoms with E-state index < -0.39 is 0 Å². The number of carbonyl (C=O) groups is 2. The number of amides is 2. The van der Waals surface area contributed by atoms with Gasteiger partial charge >= 0.3 is 6.09 Å². The van der Waals surface area contributed by atoms with Crippen molar-refractivity contribution in [1.29, 1.82) is 0 Å². The van der Waals surface area contributed by atoms with Crippen LogP contribution in [0.15, 0.2) is 24.3 Å². The fraction of sp³-hybridized carbons (Fsp3) is 0.579. The van der Waals surface area contributed by atoms with E-state index in [1.807, 2.05) is 0 Å². The van der Waals surface area contributed by atoms with E-state index in [1.165, 1.54) is 11.1 Å². The van der Waals surface area contributed by atoms with Gasteiger partial charge in [0.05, 0.1) is 6.54 Å². The average Bonchev–Trinajstić information content (AvgIpc) is 3.28. The summed E-state index contributed by atoms with van der Waals surface area (Å²) >= 11 is 0.